The minimum Gasteiger partial charge on any atom is -0.358 e. The summed E-state index contributed by atoms with van der Waals surface area (Å²) >= 11 is 1.88. The third-order valence-corrected chi connectivity index (χ3v) is 2.06. The predicted molar refractivity (Wildman–Crippen MR) is 48.8 cm³/mol. The molecule has 0 saturated carbocycles. The lowest BCUT2D eigenvalue weighted by Gasteiger charge is -2.05. The number of hydrazine groups is 1. The van der Waals surface area contributed by atoms with Crippen LogP contribution in [0.5, 0.6) is 0 Å². The van der Waals surface area contributed by atoms with Gasteiger partial charge in [-0.2, -0.15) is 0 Å². The summed E-state index contributed by atoms with van der Waals surface area (Å²) < 4.78 is -0.360. The van der Waals surface area contributed by atoms with Gasteiger partial charge in [0.05, 0.1) is 3.92 Å². The topological polar surface area (TPSA) is 84.2 Å². The van der Waals surface area contributed by atoms with Gasteiger partial charge in [0.2, 0.25) is 11.8 Å². The minimum atomic E-state index is -0.360. The average Bonchev–Trinajstić information content (AvgIpc) is 2.02. The molecule has 1 atom stereocenters. The molecule has 0 aliphatic rings. The molecule has 4 N–H and O–H groups in total. The standard InChI is InChI=1S/C5H10IN3O2/c1-8-5(11)3(6)2-4(10)9-7/h3H,2,7H2,1H3,(H,8,11)(H,9,10). The van der Waals surface area contributed by atoms with Gasteiger partial charge in [0.25, 0.3) is 0 Å². The second-order valence-electron chi connectivity index (χ2n) is 1.85. The minimum absolute atomic E-state index is 0.108. The number of carbonyl (C=O) groups excluding carboxylic acids is 2. The summed E-state index contributed by atoms with van der Waals surface area (Å²) in [7, 11) is 1.52. The van der Waals surface area contributed by atoms with Crippen LogP contribution in [0.2, 0.25) is 0 Å². The van der Waals surface area contributed by atoms with E-state index in [-0.39, 0.29) is 22.2 Å². The van der Waals surface area contributed by atoms with Crippen molar-refractivity contribution in [2.75, 3.05) is 7.05 Å². The van der Waals surface area contributed by atoms with Crippen molar-refractivity contribution in [2.45, 2.75) is 10.3 Å². The number of alkyl halides is 1. The quantitative estimate of drug-likeness (QED) is 0.201. The van der Waals surface area contributed by atoms with Crippen LogP contribution in [0.4, 0.5) is 0 Å². The largest absolute Gasteiger partial charge is 0.358 e. The van der Waals surface area contributed by atoms with Crippen LogP contribution in [0.15, 0.2) is 0 Å². The summed E-state index contributed by atoms with van der Waals surface area (Å²) in [5.41, 5.74) is 1.95. The molecule has 64 valence electrons. The molecule has 5 nitrogen and oxygen atoms in total. The van der Waals surface area contributed by atoms with Gasteiger partial charge in [0.1, 0.15) is 0 Å². The van der Waals surface area contributed by atoms with Crippen molar-refractivity contribution in [1.29, 1.82) is 0 Å². The third kappa shape index (κ3) is 4.14. The van der Waals surface area contributed by atoms with Gasteiger partial charge in [-0.25, -0.2) is 5.84 Å². The molecule has 0 fully saturated rings. The normalized spacial score (nSPS) is 11.9. The van der Waals surface area contributed by atoms with E-state index in [4.69, 9.17) is 5.84 Å². The van der Waals surface area contributed by atoms with E-state index in [0.29, 0.717) is 0 Å². The van der Waals surface area contributed by atoms with Crippen LogP contribution in [0.25, 0.3) is 0 Å². The molecule has 0 bridgehead atoms. The maximum atomic E-state index is 10.8. The Morgan fingerprint density at radius 1 is 1.64 bits per heavy atom. The summed E-state index contributed by atoms with van der Waals surface area (Å²) in [6, 6.07) is 0. The van der Waals surface area contributed by atoms with E-state index in [1.165, 1.54) is 7.05 Å². The Hall–Kier alpha value is -0.370. The van der Waals surface area contributed by atoms with Crippen LogP contribution in [0.3, 0.4) is 0 Å². The second-order valence-corrected chi connectivity index (χ2v) is 3.36. The molecule has 0 aliphatic heterocycles. The van der Waals surface area contributed by atoms with Crippen molar-refractivity contribution in [3.05, 3.63) is 0 Å². The Labute approximate surface area is 78.2 Å². The lowest BCUT2D eigenvalue weighted by atomic mass is 10.3. The van der Waals surface area contributed by atoms with E-state index >= 15 is 0 Å². The van der Waals surface area contributed by atoms with Gasteiger partial charge in [0, 0.05) is 13.5 Å². The molecule has 11 heavy (non-hydrogen) atoms. The maximum Gasteiger partial charge on any atom is 0.235 e. The molecule has 6 heteroatoms. The zero-order chi connectivity index (χ0) is 8.85. The number of nitrogens with two attached hydrogens (primary N) is 1. The first-order chi connectivity index (χ1) is 5.11. The number of rotatable bonds is 3. The lowest BCUT2D eigenvalue weighted by Crippen LogP contribution is -2.36. The van der Waals surface area contributed by atoms with Gasteiger partial charge in [-0.15, -0.1) is 0 Å². The Bertz CT molecular complexity index is 162. The zero-order valence-corrected chi connectivity index (χ0v) is 8.21. The van der Waals surface area contributed by atoms with Crippen molar-refractivity contribution in [1.82, 2.24) is 10.7 Å². The van der Waals surface area contributed by atoms with Crippen LogP contribution >= 0.6 is 22.6 Å². The highest BCUT2D eigenvalue weighted by molar-refractivity contribution is 14.1. The highest BCUT2D eigenvalue weighted by atomic mass is 127. The average molecular weight is 271 g/mol. The van der Waals surface area contributed by atoms with Crippen LogP contribution in [0, 0.1) is 0 Å². The Kier molecular flexibility index (Phi) is 5.12. The Morgan fingerprint density at radius 2 is 2.18 bits per heavy atom. The number of hydrogen-bond acceptors (Lipinski definition) is 3. The molecular formula is C5H10IN3O2. The van der Waals surface area contributed by atoms with Crippen LogP contribution in [-0.2, 0) is 9.59 Å². The molecule has 2 amide bonds. The SMILES string of the molecule is CNC(=O)C(I)CC(=O)NN. The van der Waals surface area contributed by atoms with Gasteiger partial charge in [-0.1, -0.05) is 22.6 Å². The van der Waals surface area contributed by atoms with E-state index in [1.54, 1.807) is 0 Å². The Balaban J connectivity index is 3.77. The van der Waals surface area contributed by atoms with Crippen molar-refractivity contribution in [2.24, 2.45) is 5.84 Å². The van der Waals surface area contributed by atoms with Crippen molar-refractivity contribution < 1.29 is 9.59 Å². The molecule has 0 aliphatic carbocycles. The Morgan fingerprint density at radius 3 is 2.55 bits per heavy atom. The van der Waals surface area contributed by atoms with Crippen molar-refractivity contribution >= 4 is 34.4 Å². The highest BCUT2D eigenvalue weighted by Gasteiger charge is 2.15. The number of amides is 2. The van der Waals surface area contributed by atoms with Gasteiger partial charge in [-0.3, -0.25) is 15.0 Å². The first kappa shape index (κ1) is 10.6. The molecule has 0 aromatic heterocycles. The molecule has 0 rings (SSSR count). The third-order valence-electron chi connectivity index (χ3n) is 1.06. The number of carbonyl (C=O) groups is 2. The van der Waals surface area contributed by atoms with Crippen molar-refractivity contribution in [3.63, 3.8) is 0 Å². The summed E-state index contributed by atoms with van der Waals surface area (Å²) in [6.07, 6.45) is 0.108. The van der Waals surface area contributed by atoms with Gasteiger partial charge in [-0.05, 0) is 0 Å². The van der Waals surface area contributed by atoms with Gasteiger partial charge < -0.3 is 5.32 Å². The van der Waals surface area contributed by atoms with E-state index < -0.39 is 0 Å². The van der Waals surface area contributed by atoms with Crippen LogP contribution in [0.1, 0.15) is 6.42 Å². The fraction of sp³-hybridized carbons (Fsp3) is 0.600. The molecular weight excluding hydrogens is 261 g/mol. The summed E-state index contributed by atoms with van der Waals surface area (Å²) in [6.45, 7) is 0. The monoisotopic (exact) mass is 271 g/mol. The fourth-order valence-electron chi connectivity index (χ4n) is 0.471. The summed E-state index contributed by atoms with van der Waals surface area (Å²) in [5, 5.41) is 2.43. The number of nitrogens with one attached hydrogen (secondary N) is 2. The van der Waals surface area contributed by atoms with E-state index in [2.05, 4.69) is 5.32 Å². The molecule has 0 heterocycles. The van der Waals surface area contributed by atoms with Gasteiger partial charge in [0.15, 0.2) is 0 Å². The number of halogens is 1. The predicted octanol–water partition coefficient (Wildman–Crippen LogP) is -1.08. The highest BCUT2D eigenvalue weighted by Crippen LogP contribution is 2.04. The zero-order valence-electron chi connectivity index (χ0n) is 6.06. The summed E-state index contributed by atoms with van der Waals surface area (Å²) in [4.78, 5) is 21.4. The summed E-state index contributed by atoms with van der Waals surface area (Å²) in [5.74, 6) is 4.32. The second kappa shape index (κ2) is 5.30. The molecule has 0 radical (unpaired) electrons. The maximum absolute atomic E-state index is 10.8. The molecule has 0 saturated heterocycles. The first-order valence-corrected chi connectivity index (χ1v) is 4.21. The fourth-order valence-corrected chi connectivity index (χ4v) is 1.18. The van der Waals surface area contributed by atoms with E-state index in [9.17, 15) is 9.59 Å². The van der Waals surface area contributed by atoms with Crippen molar-refractivity contribution in [3.8, 4) is 0 Å². The first-order valence-electron chi connectivity index (χ1n) is 2.97. The van der Waals surface area contributed by atoms with Crippen LogP contribution in [-0.4, -0.2) is 22.8 Å². The van der Waals surface area contributed by atoms with E-state index in [1.807, 2.05) is 28.0 Å². The molecule has 0 aromatic rings. The lowest BCUT2D eigenvalue weighted by molar-refractivity contribution is -0.125. The van der Waals surface area contributed by atoms with Crippen LogP contribution < -0.4 is 16.6 Å². The van der Waals surface area contributed by atoms with Gasteiger partial charge >= 0.3 is 0 Å². The smallest absolute Gasteiger partial charge is 0.235 e. The molecule has 0 aromatic carbocycles. The number of hydrogen-bond donors (Lipinski definition) is 3. The molecule has 1 unspecified atom stereocenters. The van der Waals surface area contributed by atoms with E-state index in [0.717, 1.165) is 0 Å². The molecule has 0 spiro atoms.